The van der Waals surface area contributed by atoms with Crippen LogP contribution in [0.25, 0.3) is 11.1 Å². The molecule has 0 aliphatic carbocycles. The normalized spacial score (nSPS) is 10.6. The second-order valence-corrected chi connectivity index (χ2v) is 4.20. The van der Waals surface area contributed by atoms with Crippen molar-refractivity contribution in [3.05, 3.63) is 58.1 Å². The van der Waals surface area contributed by atoms with Crippen LogP contribution in [0, 0.1) is 29.3 Å². The van der Waals surface area contributed by atoms with E-state index in [1.165, 1.54) is 0 Å². The summed E-state index contributed by atoms with van der Waals surface area (Å²) in [6, 6.07) is 5.53. The zero-order chi connectivity index (χ0) is 12.6. The van der Waals surface area contributed by atoms with Crippen molar-refractivity contribution in [2.45, 2.75) is 0 Å². The molecule has 0 spiro atoms. The third-order valence-electron chi connectivity index (χ3n) is 2.11. The van der Waals surface area contributed by atoms with E-state index in [1.807, 2.05) is 0 Å². The highest BCUT2D eigenvalue weighted by molar-refractivity contribution is 9.10. The molecule has 0 heterocycles. The molecule has 2 aromatic rings. The van der Waals surface area contributed by atoms with Crippen molar-refractivity contribution in [2.75, 3.05) is 0 Å². The number of rotatable bonds is 1. The molecule has 0 aliphatic heterocycles. The van der Waals surface area contributed by atoms with Crippen molar-refractivity contribution in [1.29, 1.82) is 0 Å². The molecule has 0 N–H and O–H groups in total. The Labute approximate surface area is 103 Å². The van der Waals surface area contributed by atoms with Crippen LogP contribution >= 0.6 is 15.9 Å². The molecule has 1 radical (unpaired) electrons. The van der Waals surface area contributed by atoms with Gasteiger partial charge in [0.25, 0.3) is 0 Å². The fourth-order valence-electron chi connectivity index (χ4n) is 1.42. The molecule has 0 atom stereocenters. The Bertz CT molecular complexity index is 558. The molecule has 0 fully saturated rings. The Hall–Kier alpha value is -1.36. The molecule has 2 aromatic carbocycles. The summed E-state index contributed by atoms with van der Waals surface area (Å²) in [6.07, 6.45) is 0. The number of hydrogen-bond donors (Lipinski definition) is 0. The lowest BCUT2D eigenvalue weighted by atomic mass is 10.0. The van der Waals surface area contributed by atoms with Crippen molar-refractivity contribution < 1.29 is 17.6 Å². The Kier molecular flexibility index (Phi) is 3.19. The fraction of sp³-hybridized carbons (Fsp3) is 0. The molecular formula is C12H4BrF4. The third-order valence-corrected chi connectivity index (χ3v) is 2.57. The van der Waals surface area contributed by atoms with Gasteiger partial charge in [0.2, 0.25) is 0 Å². The van der Waals surface area contributed by atoms with Crippen molar-refractivity contribution in [3.63, 3.8) is 0 Å². The zero-order valence-electron chi connectivity index (χ0n) is 8.20. The second-order valence-electron chi connectivity index (χ2n) is 3.29. The van der Waals surface area contributed by atoms with Crippen LogP contribution in [0.5, 0.6) is 0 Å². The SMILES string of the molecule is Fc1c[c]c(-c2c(F)cc(Br)cc2F)c(F)c1. The quantitative estimate of drug-likeness (QED) is 0.682. The maximum Gasteiger partial charge on any atom is 0.135 e. The predicted octanol–water partition coefficient (Wildman–Crippen LogP) is 4.47. The first-order valence-electron chi connectivity index (χ1n) is 4.50. The molecule has 0 aliphatic rings. The molecule has 0 nitrogen and oxygen atoms in total. The fourth-order valence-corrected chi connectivity index (χ4v) is 1.82. The van der Waals surface area contributed by atoms with E-state index in [9.17, 15) is 17.6 Å². The lowest BCUT2D eigenvalue weighted by Crippen LogP contribution is -1.94. The van der Waals surface area contributed by atoms with E-state index in [2.05, 4.69) is 22.0 Å². The summed E-state index contributed by atoms with van der Waals surface area (Å²) in [6.45, 7) is 0. The minimum atomic E-state index is -1.06. The molecule has 0 saturated heterocycles. The third kappa shape index (κ3) is 2.34. The van der Waals surface area contributed by atoms with Crippen LogP contribution in [-0.2, 0) is 0 Å². The molecule has 0 bridgehead atoms. The van der Waals surface area contributed by atoms with Crippen LogP contribution in [0.4, 0.5) is 17.6 Å². The standard InChI is InChI=1S/C12H4BrF4/c13-6-3-10(16)12(11(17)4-6)8-2-1-7(14)5-9(8)15/h1,3-5H. The van der Waals surface area contributed by atoms with E-state index in [0.29, 0.717) is 6.07 Å². The minimum Gasteiger partial charge on any atom is -0.207 e. The number of hydrogen-bond acceptors (Lipinski definition) is 0. The van der Waals surface area contributed by atoms with Crippen LogP contribution in [0.1, 0.15) is 0 Å². The molecule has 5 heteroatoms. The highest BCUT2D eigenvalue weighted by Crippen LogP contribution is 2.30. The Morgan fingerprint density at radius 3 is 2.00 bits per heavy atom. The lowest BCUT2D eigenvalue weighted by molar-refractivity contribution is 0.570. The van der Waals surface area contributed by atoms with Gasteiger partial charge in [-0.05, 0) is 24.3 Å². The smallest absolute Gasteiger partial charge is 0.135 e. The van der Waals surface area contributed by atoms with E-state index < -0.39 is 34.4 Å². The van der Waals surface area contributed by atoms with Crippen molar-refractivity contribution in [1.82, 2.24) is 0 Å². The van der Waals surface area contributed by atoms with Gasteiger partial charge in [-0.2, -0.15) is 0 Å². The first kappa shape index (κ1) is 12.1. The largest absolute Gasteiger partial charge is 0.207 e. The van der Waals surface area contributed by atoms with E-state index in [4.69, 9.17) is 0 Å². The monoisotopic (exact) mass is 303 g/mol. The Morgan fingerprint density at radius 1 is 0.882 bits per heavy atom. The molecule has 0 unspecified atom stereocenters. The van der Waals surface area contributed by atoms with Gasteiger partial charge in [0.15, 0.2) is 0 Å². The first-order chi connectivity index (χ1) is 7.99. The van der Waals surface area contributed by atoms with Crippen molar-refractivity contribution >= 4 is 15.9 Å². The Balaban J connectivity index is 2.68. The summed E-state index contributed by atoms with van der Waals surface area (Å²) in [4.78, 5) is 0. The van der Waals surface area contributed by atoms with Crippen LogP contribution in [0.15, 0.2) is 28.7 Å². The number of benzene rings is 2. The Morgan fingerprint density at radius 2 is 1.47 bits per heavy atom. The van der Waals surface area contributed by atoms with E-state index >= 15 is 0 Å². The molecule has 87 valence electrons. The van der Waals surface area contributed by atoms with Gasteiger partial charge in [0.05, 0.1) is 5.56 Å². The van der Waals surface area contributed by atoms with E-state index in [-0.39, 0.29) is 4.47 Å². The van der Waals surface area contributed by atoms with Gasteiger partial charge >= 0.3 is 0 Å². The highest BCUT2D eigenvalue weighted by Gasteiger charge is 2.16. The predicted molar refractivity (Wildman–Crippen MR) is 58.2 cm³/mol. The van der Waals surface area contributed by atoms with Gasteiger partial charge in [0.1, 0.15) is 23.3 Å². The second kappa shape index (κ2) is 4.49. The summed E-state index contributed by atoms with van der Waals surface area (Å²) in [5.74, 6) is -3.81. The van der Waals surface area contributed by atoms with Crippen LogP contribution in [0.3, 0.4) is 0 Å². The molecule has 0 aromatic heterocycles. The van der Waals surface area contributed by atoms with Gasteiger partial charge in [-0.3, -0.25) is 0 Å². The number of halogens is 5. The van der Waals surface area contributed by atoms with Crippen molar-refractivity contribution in [3.8, 4) is 11.1 Å². The average Bonchev–Trinajstić information content (AvgIpc) is 2.19. The van der Waals surface area contributed by atoms with Gasteiger partial charge in [-0.15, -0.1) is 0 Å². The summed E-state index contributed by atoms with van der Waals surface area (Å²) < 4.78 is 53.3. The maximum absolute atomic E-state index is 13.5. The molecule has 0 amide bonds. The van der Waals surface area contributed by atoms with Crippen LogP contribution in [0.2, 0.25) is 0 Å². The van der Waals surface area contributed by atoms with Crippen LogP contribution < -0.4 is 0 Å². The molecule has 2 rings (SSSR count). The topological polar surface area (TPSA) is 0 Å². The van der Waals surface area contributed by atoms with Gasteiger partial charge in [0, 0.05) is 16.1 Å². The van der Waals surface area contributed by atoms with Gasteiger partial charge in [-0.1, -0.05) is 15.9 Å². The molecule has 0 saturated carbocycles. The minimum absolute atomic E-state index is 0.193. The maximum atomic E-state index is 13.5. The summed E-state index contributed by atoms with van der Waals surface area (Å²) in [5.41, 5.74) is -1.00. The van der Waals surface area contributed by atoms with Crippen LogP contribution in [-0.4, -0.2) is 0 Å². The zero-order valence-corrected chi connectivity index (χ0v) is 9.79. The first-order valence-corrected chi connectivity index (χ1v) is 5.30. The van der Waals surface area contributed by atoms with Gasteiger partial charge in [-0.25, -0.2) is 17.6 Å². The summed E-state index contributed by atoms with van der Waals surface area (Å²) >= 11 is 2.91. The summed E-state index contributed by atoms with van der Waals surface area (Å²) in [5, 5.41) is 0. The highest BCUT2D eigenvalue weighted by atomic mass is 79.9. The van der Waals surface area contributed by atoms with E-state index in [1.54, 1.807) is 0 Å². The van der Waals surface area contributed by atoms with Crippen molar-refractivity contribution in [2.24, 2.45) is 0 Å². The van der Waals surface area contributed by atoms with E-state index in [0.717, 1.165) is 18.2 Å². The average molecular weight is 304 g/mol. The summed E-state index contributed by atoms with van der Waals surface area (Å²) in [7, 11) is 0. The lowest BCUT2D eigenvalue weighted by Gasteiger charge is -2.06. The van der Waals surface area contributed by atoms with Gasteiger partial charge < -0.3 is 0 Å². The molecule has 17 heavy (non-hydrogen) atoms. The molecular weight excluding hydrogens is 300 g/mol.